The summed E-state index contributed by atoms with van der Waals surface area (Å²) in [5, 5.41) is 15.2. The van der Waals surface area contributed by atoms with Crippen LogP contribution in [-0.4, -0.2) is 41.6 Å². The van der Waals surface area contributed by atoms with Crippen LogP contribution in [0.5, 0.6) is 0 Å². The summed E-state index contributed by atoms with van der Waals surface area (Å²) in [6, 6.07) is 3.72. The van der Waals surface area contributed by atoms with Crippen molar-refractivity contribution >= 4 is 23.5 Å². The number of hydrogen-bond donors (Lipinski definition) is 2. The zero-order valence-corrected chi connectivity index (χ0v) is 23.6. The summed E-state index contributed by atoms with van der Waals surface area (Å²) >= 11 is 1.55. The van der Waals surface area contributed by atoms with Gasteiger partial charge in [-0.05, 0) is 83.2 Å². The Labute approximate surface area is 222 Å². The lowest BCUT2D eigenvalue weighted by atomic mass is 10.1. The lowest BCUT2D eigenvalue weighted by molar-refractivity contribution is -0.115. The minimum absolute atomic E-state index is 0.0832. The van der Waals surface area contributed by atoms with Crippen molar-refractivity contribution < 1.29 is 4.79 Å². The molecule has 2 N–H and O–H groups in total. The molecule has 196 valence electrons. The Kier molecular flexibility index (Phi) is 14.5. The van der Waals surface area contributed by atoms with Crippen LogP contribution in [0.25, 0.3) is 0 Å². The zero-order valence-electron chi connectivity index (χ0n) is 22.7. The van der Waals surface area contributed by atoms with E-state index < -0.39 is 0 Å². The van der Waals surface area contributed by atoms with Gasteiger partial charge in [-0.3, -0.25) is 4.79 Å². The number of aromatic nitrogens is 2. The largest absolute Gasteiger partial charge is 0.354 e. The minimum Gasteiger partial charge on any atom is -0.354 e. The minimum atomic E-state index is -0.0832. The smallest absolute Gasteiger partial charge is 0.229 e. The van der Waals surface area contributed by atoms with E-state index in [1.165, 1.54) is 5.57 Å². The summed E-state index contributed by atoms with van der Waals surface area (Å²) in [5.74, 6) is 0.397. The first kappa shape index (κ1) is 31.1. The van der Waals surface area contributed by atoms with Gasteiger partial charge in [-0.25, -0.2) is 0 Å². The first-order chi connectivity index (χ1) is 17.0. The molecule has 36 heavy (non-hydrogen) atoms. The number of aryl methyl sites for hydroxylation is 1. The number of likely N-dealkylation sites (N-methyl/N-ethyl adjacent to an activating group) is 1. The number of carbonyl (C=O) groups excluding carboxylic acids is 1. The predicted molar refractivity (Wildman–Crippen MR) is 156 cm³/mol. The SMILES string of the molecule is C=C(/C=C(\C)CN(C)C)CC(=C)NC(=C)SC(=C)CCCCc1ccc(NC(=O)C/C(C)=C/C)nn1. The van der Waals surface area contributed by atoms with Gasteiger partial charge in [0.15, 0.2) is 5.82 Å². The number of hydrogen-bond acceptors (Lipinski definition) is 6. The number of rotatable bonds is 17. The maximum Gasteiger partial charge on any atom is 0.229 e. The van der Waals surface area contributed by atoms with Crippen molar-refractivity contribution in [3.05, 3.63) is 88.6 Å². The number of anilines is 1. The Morgan fingerprint density at radius 1 is 1.06 bits per heavy atom. The van der Waals surface area contributed by atoms with Crippen LogP contribution in [0.3, 0.4) is 0 Å². The standard InChI is InChI=1S/C29H43N5OS/c1-10-21(2)19-29(35)31-28-16-15-27(32-33-28)14-12-11-13-25(6)36-26(7)30-24(5)18-22(3)17-23(4)20-34(8)9/h10,15-17,30H,3,5-7,11-14,18-20H2,1-2,4,8-9H3,(H,31,33,35)/b21-10+,23-17+. The number of amides is 1. The van der Waals surface area contributed by atoms with E-state index in [4.69, 9.17) is 0 Å². The van der Waals surface area contributed by atoms with Crippen molar-refractivity contribution in [2.24, 2.45) is 0 Å². The topological polar surface area (TPSA) is 70.2 Å². The molecule has 1 aromatic rings. The zero-order chi connectivity index (χ0) is 27.1. The third-order valence-electron chi connectivity index (χ3n) is 5.10. The molecule has 0 unspecified atom stereocenters. The van der Waals surface area contributed by atoms with Gasteiger partial charge in [0, 0.05) is 25.1 Å². The van der Waals surface area contributed by atoms with Crippen LogP contribution in [0, 0.1) is 0 Å². The van der Waals surface area contributed by atoms with Crippen molar-refractivity contribution in [2.75, 3.05) is 26.0 Å². The van der Waals surface area contributed by atoms with Crippen molar-refractivity contribution in [3.8, 4) is 0 Å². The Morgan fingerprint density at radius 3 is 2.39 bits per heavy atom. The van der Waals surface area contributed by atoms with E-state index in [-0.39, 0.29) is 5.91 Å². The number of unbranched alkanes of at least 4 members (excludes halogenated alkanes) is 1. The van der Waals surface area contributed by atoms with Gasteiger partial charge in [0.05, 0.1) is 10.7 Å². The van der Waals surface area contributed by atoms with Crippen LogP contribution >= 0.6 is 11.8 Å². The highest BCUT2D eigenvalue weighted by molar-refractivity contribution is 8.06. The van der Waals surface area contributed by atoms with Gasteiger partial charge in [-0.2, -0.15) is 5.10 Å². The maximum atomic E-state index is 11.9. The summed E-state index contributed by atoms with van der Waals surface area (Å²) in [7, 11) is 4.10. The third-order valence-corrected chi connectivity index (χ3v) is 5.94. The maximum absolute atomic E-state index is 11.9. The quantitative estimate of drug-likeness (QED) is 0.137. The molecule has 0 spiro atoms. The molecule has 0 aromatic carbocycles. The molecular formula is C29H43N5OS. The van der Waals surface area contributed by atoms with Gasteiger partial charge in [0.2, 0.25) is 5.91 Å². The molecule has 0 saturated carbocycles. The number of allylic oxidation sites excluding steroid dienone is 4. The molecule has 0 bridgehead atoms. The van der Waals surface area contributed by atoms with E-state index in [9.17, 15) is 4.79 Å². The molecule has 0 saturated heterocycles. The van der Waals surface area contributed by atoms with E-state index in [0.29, 0.717) is 18.7 Å². The Morgan fingerprint density at radius 2 is 1.78 bits per heavy atom. The van der Waals surface area contributed by atoms with Gasteiger partial charge in [-0.15, -0.1) is 5.10 Å². The predicted octanol–water partition coefficient (Wildman–Crippen LogP) is 6.76. The van der Waals surface area contributed by atoms with Crippen LogP contribution in [-0.2, 0) is 11.2 Å². The Balaban J connectivity index is 2.29. The normalized spacial score (nSPS) is 11.8. The first-order valence-corrected chi connectivity index (χ1v) is 13.0. The van der Waals surface area contributed by atoms with Crippen LogP contribution in [0.4, 0.5) is 5.82 Å². The molecule has 0 radical (unpaired) electrons. The van der Waals surface area contributed by atoms with Crippen LogP contribution in [0.1, 0.15) is 58.6 Å². The Bertz CT molecular complexity index is 989. The molecular weight excluding hydrogens is 466 g/mol. The molecule has 0 atom stereocenters. The highest BCUT2D eigenvalue weighted by Gasteiger charge is 2.06. The summed E-state index contributed by atoms with van der Waals surface area (Å²) in [4.78, 5) is 15.1. The summed E-state index contributed by atoms with van der Waals surface area (Å²) in [6.07, 6.45) is 8.77. The van der Waals surface area contributed by atoms with Crippen molar-refractivity contribution in [2.45, 2.75) is 59.3 Å². The van der Waals surface area contributed by atoms with Crippen LogP contribution in [0.2, 0.25) is 0 Å². The molecule has 0 aliphatic carbocycles. The fourth-order valence-electron chi connectivity index (χ4n) is 3.44. The van der Waals surface area contributed by atoms with E-state index in [1.807, 2.05) is 26.0 Å². The Hall–Kier alpha value is -2.90. The van der Waals surface area contributed by atoms with E-state index >= 15 is 0 Å². The summed E-state index contributed by atoms with van der Waals surface area (Å²) < 4.78 is 0. The average molecular weight is 510 g/mol. The number of nitrogens with one attached hydrogen (secondary N) is 2. The van der Waals surface area contributed by atoms with Crippen molar-refractivity contribution in [1.29, 1.82) is 0 Å². The first-order valence-electron chi connectivity index (χ1n) is 12.2. The fraction of sp³-hybridized carbons (Fsp3) is 0.414. The van der Waals surface area contributed by atoms with E-state index in [2.05, 4.69) is 79.1 Å². The monoisotopic (exact) mass is 509 g/mol. The second-order valence-electron chi connectivity index (χ2n) is 9.33. The highest BCUT2D eigenvalue weighted by Crippen LogP contribution is 2.26. The van der Waals surface area contributed by atoms with Gasteiger partial charge in [0.1, 0.15) is 0 Å². The molecule has 1 aromatic heterocycles. The van der Waals surface area contributed by atoms with Crippen LogP contribution in [0.15, 0.2) is 83.0 Å². The van der Waals surface area contributed by atoms with Gasteiger partial charge < -0.3 is 15.5 Å². The summed E-state index contributed by atoms with van der Waals surface area (Å²) in [5.41, 5.74) is 5.09. The van der Waals surface area contributed by atoms with Crippen molar-refractivity contribution in [3.63, 3.8) is 0 Å². The number of carbonyl (C=O) groups is 1. The van der Waals surface area contributed by atoms with Gasteiger partial charge in [0.25, 0.3) is 0 Å². The van der Waals surface area contributed by atoms with Crippen molar-refractivity contribution in [1.82, 2.24) is 20.4 Å². The molecule has 0 aliphatic heterocycles. The second-order valence-corrected chi connectivity index (χ2v) is 10.6. The molecule has 1 rings (SSSR count). The van der Waals surface area contributed by atoms with Crippen LogP contribution < -0.4 is 10.6 Å². The molecule has 1 amide bonds. The second kappa shape index (κ2) is 16.7. The van der Waals surface area contributed by atoms with Gasteiger partial charge in [-0.1, -0.05) is 61.4 Å². The molecule has 7 heteroatoms. The molecule has 0 aliphatic rings. The third kappa shape index (κ3) is 14.5. The number of nitrogens with zero attached hydrogens (tertiary/aromatic N) is 3. The van der Waals surface area contributed by atoms with E-state index in [0.717, 1.165) is 64.7 Å². The number of thioether (sulfide) groups is 1. The summed E-state index contributed by atoms with van der Waals surface area (Å²) in [6.45, 7) is 23.4. The lowest BCUT2D eigenvalue weighted by Crippen LogP contribution is -2.14. The fourth-order valence-corrected chi connectivity index (χ4v) is 4.23. The van der Waals surface area contributed by atoms with Gasteiger partial charge >= 0.3 is 0 Å². The average Bonchev–Trinajstić information content (AvgIpc) is 2.76. The van der Waals surface area contributed by atoms with E-state index in [1.54, 1.807) is 17.8 Å². The molecule has 6 nitrogen and oxygen atoms in total. The molecule has 1 heterocycles. The highest BCUT2D eigenvalue weighted by atomic mass is 32.2. The molecule has 0 fully saturated rings. The lowest BCUT2D eigenvalue weighted by Gasteiger charge is -2.14.